The number of hydrogen-bond donors (Lipinski definition) is 1. The summed E-state index contributed by atoms with van der Waals surface area (Å²) in [6.07, 6.45) is 9.53. The topological polar surface area (TPSA) is 41.3 Å². The molecule has 0 aromatic carbocycles. The zero-order chi connectivity index (χ0) is 12.6. The van der Waals surface area contributed by atoms with Crippen molar-refractivity contribution in [1.29, 1.82) is 0 Å². The molecule has 0 radical (unpaired) electrons. The van der Waals surface area contributed by atoms with E-state index in [2.05, 4.69) is 27.8 Å². The second-order valence-electron chi connectivity index (χ2n) is 6.11. The molecular formula is C14H23N3O. The van der Waals surface area contributed by atoms with Crippen LogP contribution in [0.4, 0.5) is 0 Å². The van der Waals surface area contributed by atoms with Crippen LogP contribution in [0.5, 0.6) is 0 Å². The monoisotopic (exact) mass is 249 g/mol. The molecule has 100 valence electrons. The minimum Gasteiger partial charge on any atom is -0.389 e. The van der Waals surface area contributed by atoms with Crippen molar-refractivity contribution < 1.29 is 5.11 Å². The van der Waals surface area contributed by atoms with E-state index in [-0.39, 0.29) is 0 Å². The fraction of sp³-hybridized carbons (Fsp3) is 0.786. The van der Waals surface area contributed by atoms with Crippen molar-refractivity contribution in [3.05, 3.63) is 18.0 Å². The molecule has 1 saturated carbocycles. The highest BCUT2D eigenvalue weighted by atomic mass is 16.3. The van der Waals surface area contributed by atoms with Crippen LogP contribution in [0.15, 0.2) is 12.4 Å². The Balaban J connectivity index is 1.58. The maximum atomic E-state index is 10.4. The SMILES string of the molecule is Cc1cnn(C2CCN(CC3(O)CCCC3)C2)c1. The second kappa shape index (κ2) is 4.67. The first-order chi connectivity index (χ1) is 8.65. The molecule has 2 aliphatic rings. The van der Waals surface area contributed by atoms with E-state index in [0.717, 1.165) is 38.9 Å². The van der Waals surface area contributed by atoms with Crippen LogP contribution in [0.25, 0.3) is 0 Å². The lowest BCUT2D eigenvalue weighted by molar-refractivity contribution is 0.0149. The summed E-state index contributed by atoms with van der Waals surface area (Å²) in [5, 5.41) is 14.9. The fourth-order valence-electron chi connectivity index (χ4n) is 3.41. The Hall–Kier alpha value is -0.870. The Labute approximate surface area is 109 Å². The lowest BCUT2D eigenvalue weighted by Gasteiger charge is -2.28. The molecule has 4 heteroatoms. The quantitative estimate of drug-likeness (QED) is 0.887. The van der Waals surface area contributed by atoms with Crippen molar-refractivity contribution in [3.63, 3.8) is 0 Å². The highest BCUT2D eigenvalue weighted by Crippen LogP contribution is 2.32. The van der Waals surface area contributed by atoms with Crippen LogP contribution in [0, 0.1) is 6.92 Å². The Bertz CT molecular complexity index is 409. The van der Waals surface area contributed by atoms with E-state index in [1.54, 1.807) is 0 Å². The van der Waals surface area contributed by atoms with Gasteiger partial charge < -0.3 is 5.11 Å². The standard InChI is InChI=1S/C14H23N3O/c1-12-8-15-17(9-12)13-4-7-16(10-13)11-14(18)5-2-3-6-14/h8-9,13,18H,2-7,10-11H2,1H3. The normalized spacial score (nSPS) is 28.0. The molecule has 2 heterocycles. The number of aliphatic hydroxyl groups is 1. The molecule has 1 aliphatic carbocycles. The Kier molecular flexibility index (Phi) is 3.16. The van der Waals surface area contributed by atoms with Crippen molar-refractivity contribution in [3.8, 4) is 0 Å². The van der Waals surface area contributed by atoms with Crippen molar-refractivity contribution in [2.45, 2.75) is 50.7 Å². The molecule has 1 saturated heterocycles. The summed E-state index contributed by atoms with van der Waals surface area (Å²) in [4.78, 5) is 2.41. The summed E-state index contributed by atoms with van der Waals surface area (Å²) in [6, 6.07) is 0.490. The van der Waals surface area contributed by atoms with E-state index >= 15 is 0 Å². The van der Waals surface area contributed by atoms with Gasteiger partial charge in [0.15, 0.2) is 0 Å². The lowest BCUT2D eigenvalue weighted by atomic mass is 10.0. The average Bonchev–Trinajstić information content (AvgIpc) is 3.01. The second-order valence-corrected chi connectivity index (χ2v) is 6.11. The summed E-state index contributed by atoms with van der Waals surface area (Å²) < 4.78 is 2.09. The highest BCUT2D eigenvalue weighted by molar-refractivity contribution is 5.01. The number of rotatable bonds is 3. The van der Waals surface area contributed by atoms with Crippen LogP contribution < -0.4 is 0 Å². The van der Waals surface area contributed by atoms with E-state index in [9.17, 15) is 5.11 Å². The Morgan fingerprint density at radius 3 is 2.89 bits per heavy atom. The van der Waals surface area contributed by atoms with E-state index < -0.39 is 5.60 Å². The van der Waals surface area contributed by atoms with Gasteiger partial charge in [0.2, 0.25) is 0 Å². The van der Waals surface area contributed by atoms with Crippen molar-refractivity contribution in [2.24, 2.45) is 0 Å². The Morgan fingerprint density at radius 1 is 1.44 bits per heavy atom. The molecule has 0 bridgehead atoms. The van der Waals surface area contributed by atoms with Crippen LogP contribution in [-0.2, 0) is 0 Å². The van der Waals surface area contributed by atoms with Gasteiger partial charge in [-0.3, -0.25) is 9.58 Å². The molecular weight excluding hydrogens is 226 g/mol. The number of hydrogen-bond acceptors (Lipinski definition) is 3. The van der Waals surface area contributed by atoms with Gasteiger partial charge in [-0.15, -0.1) is 0 Å². The third-order valence-corrected chi connectivity index (χ3v) is 4.40. The summed E-state index contributed by atoms with van der Waals surface area (Å²) in [5.41, 5.74) is 0.817. The van der Waals surface area contributed by atoms with Crippen molar-refractivity contribution in [2.75, 3.05) is 19.6 Å². The van der Waals surface area contributed by atoms with Gasteiger partial charge in [-0.1, -0.05) is 12.8 Å². The average molecular weight is 249 g/mol. The molecule has 0 spiro atoms. The predicted octanol–water partition coefficient (Wildman–Crippen LogP) is 1.74. The molecule has 4 nitrogen and oxygen atoms in total. The smallest absolute Gasteiger partial charge is 0.0774 e. The number of aromatic nitrogens is 2. The number of aryl methyl sites for hydroxylation is 1. The third-order valence-electron chi connectivity index (χ3n) is 4.40. The van der Waals surface area contributed by atoms with Gasteiger partial charge in [0.25, 0.3) is 0 Å². The number of nitrogens with zero attached hydrogens (tertiary/aromatic N) is 3. The Morgan fingerprint density at radius 2 is 2.22 bits per heavy atom. The fourth-order valence-corrected chi connectivity index (χ4v) is 3.41. The van der Waals surface area contributed by atoms with Crippen LogP contribution in [-0.4, -0.2) is 45.0 Å². The first kappa shape index (κ1) is 12.2. The number of β-amino-alcohol motifs (C(OH)–C–C–N with tert-alkyl or cyclic N) is 1. The van der Waals surface area contributed by atoms with Crippen LogP contribution in [0.3, 0.4) is 0 Å². The summed E-state index contributed by atoms with van der Waals surface area (Å²) in [7, 11) is 0. The van der Waals surface area contributed by atoms with E-state index in [1.807, 2.05) is 6.20 Å². The third kappa shape index (κ3) is 2.45. The summed E-state index contributed by atoms with van der Waals surface area (Å²) in [6.45, 7) is 5.05. The minimum atomic E-state index is -0.408. The van der Waals surface area contributed by atoms with Gasteiger partial charge in [-0.05, 0) is 31.7 Å². The van der Waals surface area contributed by atoms with Crippen LogP contribution >= 0.6 is 0 Å². The van der Waals surface area contributed by atoms with E-state index in [1.165, 1.54) is 18.4 Å². The van der Waals surface area contributed by atoms with Crippen molar-refractivity contribution in [1.82, 2.24) is 14.7 Å². The zero-order valence-electron chi connectivity index (χ0n) is 11.2. The van der Waals surface area contributed by atoms with Crippen molar-refractivity contribution >= 4 is 0 Å². The molecule has 1 aromatic heterocycles. The first-order valence-electron chi connectivity index (χ1n) is 7.10. The molecule has 2 fully saturated rings. The van der Waals surface area contributed by atoms with Crippen LogP contribution in [0.2, 0.25) is 0 Å². The van der Waals surface area contributed by atoms with Gasteiger partial charge >= 0.3 is 0 Å². The molecule has 3 rings (SSSR count). The lowest BCUT2D eigenvalue weighted by Crippen LogP contribution is -2.40. The van der Waals surface area contributed by atoms with E-state index in [0.29, 0.717) is 6.04 Å². The zero-order valence-corrected chi connectivity index (χ0v) is 11.2. The first-order valence-corrected chi connectivity index (χ1v) is 7.10. The van der Waals surface area contributed by atoms with Gasteiger partial charge in [-0.25, -0.2) is 0 Å². The molecule has 1 aliphatic heterocycles. The molecule has 1 N–H and O–H groups in total. The molecule has 1 unspecified atom stereocenters. The maximum Gasteiger partial charge on any atom is 0.0774 e. The molecule has 1 aromatic rings. The summed E-state index contributed by atoms with van der Waals surface area (Å²) in [5.74, 6) is 0. The summed E-state index contributed by atoms with van der Waals surface area (Å²) >= 11 is 0. The molecule has 0 amide bonds. The molecule has 1 atom stereocenters. The minimum absolute atomic E-state index is 0.408. The van der Waals surface area contributed by atoms with Gasteiger partial charge in [0.05, 0.1) is 17.8 Å². The van der Waals surface area contributed by atoms with Crippen LogP contribution in [0.1, 0.15) is 43.7 Å². The number of likely N-dealkylation sites (tertiary alicyclic amines) is 1. The highest BCUT2D eigenvalue weighted by Gasteiger charge is 2.35. The predicted molar refractivity (Wildman–Crippen MR) is 70.5 cm³/mol. The van der Waals surface area contributed by atoms with Gasteiger partial charge in [-0.2, -0.15) is 5.10 Å². The van der Waals surface area contributed by atoms with E-state index in [4.69, 9.17) is 0 Å². The largest absolute Gasteiger partial charge is 0.389 e. The maximum absolute atomic E-state index is 10.4. The van der Waals surface area contributed by atoms with Gasteiger partial charge in [0, 0.05) is 25.8 Å². The molecule has 18 heavy (non-hydrogen) atoms. The van der Waals surface area contributed by atoms with Gasteiger partial charge in [0.1, 0.15) is 0 Å².